The number of hydrogen-bond donors (Lipinski definition) is 1. The topological polar surface area (TPSA) is 70.1 Å². The molecule has 1 aliphatic heterocycles. The van der Waals surface area contributed by atoms with Crippen LogP contribution in [-0.4, -0.2) is 71.9 Å². The fraction of sp³-hybridized carbons (Fsp3) is 0.579. The Hall–Kier alpha value is -1.73. The van der Waals surface area contributed by atoms with Gasteiger partial charge in [0.25, 0.3) is 0 Å². The van der Waals surface area contributed by atoms with Crippen molar-refractivity contribution in [2.45, 2.75) is 37.1 Å². The minimum absolute atomic E-state index is 0.00797. The normalized spacial score (nSPS) is 18.2. The van der Waals surface area contributed by atoms with Gasteiger partial charge in [0.15, 0.2) is 0 Å². The Morgan fingerprint density at radius 2 is 2.00 bits per heavy atom. The van der Waals surface area contributed by atoms with Crippen molar-refractivity contribution in [2.75, 3.05) is 39.0 Å². The summed E-state index contributed by atoms with van der Waals surface area (Å²) in [5.41, 5.74) is 0. The molecule has 6 nitrogen and oxygen atoms in total. The molecule has 1 heterocycles. The number of aliphatic carboxylic acids is 1. The van der Waals surface area contributed by atoms with Crippen molar-refractivity contribution in [3.63, 3.8) is 0 Å². The molecule has 1 aromatic carbocycles. The number of nitrogens with zero attached hydrogens (tertiary/aromatic N) is 2. The summed E-state index contributed by atoms with van der Waals surface area (Å²) in [6, 6.07) is 8.08. The van der Waals surface area contributed by atoms with E-state index in [-0.39, 0.29) is 18.5 Å². The van der Waals surface area contributed by atoms with Gasteiger partial charge < -0.3 is 14.7 Å². The summed E-state index contributed by atoms with van der Waals surface area (Å²) in [6.45, 7) is 4.48. The molecule has 1 amide bonds. The highest BCUT2D eigenvalue weighted by atomic mass is 32.2. The molecule has 1 atom stereocenters. The minimum Gasteiger partial charge on any atom is -0.492 e. The maximum Gasteiger partial charge on any atom is 0.323 e. The summed E-state index contributed by atoms with van der Waals surface area (Å²) in [6.07, 6.45) is 4.65. The Bertz CT molecular complexity index is 594. The van der Waals surface area contributed by atoms with E-state index in [4.69, 9.17) is 9.84 Å². The van der Waals surface area contributed by atoms with Crippen LogP contribution in [0.4, 0.5) is 0 Å². The van der Waals surface area contributed by atoms with E-state index in [1.165, 1.54) is 16.7 Å². The minimum atomic E-state index is -0.956. The SMILES string of the molecule is CSc1ccc(OCCN2CCCC(N(CC(=O)O)C(C)=O)CC2)cc1. The summed E-state index contributed by atoms with van der Waals surface area (Å²) in [7, 11) is 0. The van der Waals surface area contributed by atoms with Crippen LogP contribution in [0.2, 0.25) is 0 Å². The lowest BCUT2D eigenvalue weighted by Gasteiger charge is -2.29. The number of carboxylic acid groups (broad SMARTS) is 1. The molecule has 0 aromatic heterocycles. The van der Waals surface area contributed by atoms with Crippen molar-refractivity contribution >= 4 is 23.6 Å². The first-order valence-corrected chi connectivity index (χ1v) is 10.2. The molecule has 7 heteroatoms. The Balaban J connectivity index is 1.78. The summed E-state index contributed by atoms with van der Waals surface area (Å²) in [5.74, 6) is -0.246. The molecule has 2 rings (SSSR count). The monoisotopic (exact) mass is 380 g/mol. The molecule has 26 heavy (non-hydrogen) atoms. The number of ether oxygens (including phenoxy) is 1. The number of carbonyl (C=O) groups excluding carboxylic acids is 1. The van der Waals surface area contributed by atoms with E-state index in [9.17, 15) is 9.59 Å². The highest BCUT2D eigenvalue weighted by molar-refractivity contribution is 7.98. The molecular formula is C19H28N2O4S. The van der Waals surface area contributed by atoms with Gasteiger partial charge in [-0.05, 0) is 56.3 Å². The summed E-state index contributed by atoms with van der Waals surface area (Å²) >= 11 is 1.71. The first kappa shape index (κ1) is 20.6. The van der Waals surface area contributed by atoms with Crippen LogP contribution in [0, 0.1) is 0 Å². The van der Waals surface area contributed by atoms with Crippen molar-refractivity contribution in [1.82, 2.24) is 9.80 Å². The second kappa shape index (κ2) is 10.4. The van der Waals surface area contributed by atoms with E-state index in [1.54, 1.807) is 11.8 Å². The number of thioether (sulfide) groups is 1. The Kier molecular flexibility index (Phi) is 8.25. The number of carboxylic acids is 1. The Labute approximate surface area is 159 Å². The Morgan fingerprint density at radius 1 is 1.27 bits per heavy atom. The predicted molar refractivity (Wildman–Crippen MR) is 103 cm³/mol. The zero-order valence-electron chi connectivity index (χ0n) is 15.5. The van der Waals surface area contributed by atoms with Crippen LogP contribution in [0.3, 0.4) is 0 Å². The quantitative estimate of drug-likeness (QED) is 0.699. The Morgan fingerprint density at radius 3 is 2.62 bits per heavy atom. The van der Waals surface area contributed by atoms with E-state index < -0.39 is 5.97 Å². The number of benzene rings is 1. The summed E-state index contributed by atoms with van der Waals surface area (Å²) < 4.78 is 5.82. The van der Waals surface area contributed by atoms with E-state index in [2.05, 4.69) is 17.0 Å². The predicted octanol–water partition coefficient (Wildman–Crippen LogP) is 2.57. The molecule has 0 bridgehead atoms. The van der Waals surface area contributed by atoms with Gasteiger partial charge in [0.2, 0.25) is 5.91 Å². The largest absolute Gasteiger partial charge is 0.492 e. The molecule has 1 N–H and O–H groups in total. The molecule has 1 fully saturated rings. The fourth-order valence-electron chi connectivity index (χ4n) is 3.28. The van der Waals surface area contributed by atoms with Gasteiger partial charge in [-0.2, -0.15) is 0 Å². The van der Waals surface area contributed by atoms with Gasteiger partial charge >= 0.3 is 5.97 Å². The number of hydrogen-bond acceptors (Lipinski definition) is 5. The highest BCUT2D eigenvalue weighted by Crippen LogP contribution is 2.20. The second-order valence-corrected chi connectivity index (χ2v) is 7.37. The molecular weight excluding hydrogens is 352 g/mol. The van der Waals surface area contributed by atoms with Gasteiger partial charge in [-0.1, -0.05) is 0 Å². The first-order chi connectivity index (χ1) is 12.5. The van der Waals surface area contributed by atoms with Crippen LogP contribution in [0.1, 0.15) is 26.2 Å². The molecule has 0 saturated carbocycles. The van der Waals surface area contributed by atoms with Gasteiger partial charge in [0, 0.05) is 31.0 Å². The number of likely N-dealkylation sites (tertiary alicyclic amines) is 1. The average Bonchev–Trinajstić information content (AvgIpc) is 2.85. The molecule has 0 radical (unpaired) electrons. The van der Waals surface area contributed by atoms with E-state index in [0.717, 1.165) is 44.6 Å². The smallest absolute Gasteiger partial charge is 0.323 e. The van der Waals surface area contributed by atoms with Crippen molar-refractivity contribution in [3.05, 3.63) is 24.3 Å². The van der Waals surface area contributed by atoms with Gasteiger partial charge in [0.1, 0.15) is 18.9 Å². The van der Waals surface area contributed by atoms with Crippen LogP contribution >= 0.6 is 11.8 Å². The van der Waals surface area contributed by atoms with Crippen molar-refractivity contribution in [3.8, 4) is 5.75 Å². The molecule has 0 aliphatic carbocycles. The van der Waals surface area contributed by atoms with Crippen LogP contribution in [0.5, 0.6) is 5.75 Å². The van der Waals surface area contributed by atoms with E-state index in [1.807, 2.05) is 18.4 Å². The molecule has 1 saturated heterocycles. The van der Waals surface area contributed by atoms with E-state index in [0.29, 0.717) is 6.61 Å². The summed E-state index contributed by atoms with van der Waals surface area (Å²) in [5, 5.41) is 9.02. The maximum absolute atomic E-state index is 11.8. The maximum atomic E-state index is 11.8. The zero-order valence-corrected chi connectivity index (χ0v) is 16.3. The molecule has 1 aromatic rings. The van der Waals surface area contributed by atoms with Crippen LogP contribution in [-0.2, 0) is 9.59 Å². The third-order valence-corrected chi connectivity index (χ3v) is 5.42. The van der Waals surface area contributed by atoms with Gasteiger partial charge in [-0.25, -0.2) is 0 Å². The van der Waals surface area contributed by atoms with Crippen LogP contribution in [0.25, 0.3) is 0 Å². The first-order valence-electron chi connectivity index (χ1n) is 8.98. The fourth-order valence-corrected chi connectivity index (χ4v) is 3.69. The molecule has 1 unspecified atom stereocenters. The van der Waals surface area contributed by atoms with Crippen molar-refractivity contribution in [2.24, 2.45) is 0 Å². The third-order valence-electron chi connectivity index (χ3n) is 4.68. The van der Waals surface area contributed by atoms with Gasteiger partial charge in [-0.3, -0.25) is 14.5 Å². The molecule has 0 spiro atoms. The lowest BCUT2D eigenvalue weighted by Crippen LogP contribution is -2.42. The number of amides is 1. The lowest BCUT2D eigenvalue weighted by atomic mass is 10.1. The third kappa shape index (κ3) is 6.53. The second-order valence-electron chi connectivity index (χ2n) is 6.49. The van der Waals surface area contributed by atoms with Crippen LogP contribution in [0.15, 0.2) is 29.2 Å². The van der Waals surface area contributed by atoms with Crippen LogP contribution < -0.4 is 4.74 Å². The van der Waals surface area contributed by atoms with Gasteiger partial charge in [-0.15, -0.1) is 11.8 Å². The standard InChI is InChI=1S/C19H28N2O4S/c1-15(22)21(14-19(23)24)16-4-3-10-20(11-9-16)12-13-25-17-5-7-18(26-2)8-6-17/h5-8,16H,3-4,9-14H2,1-2H3,(H,23,24). The van der Waals surface area contributed by atoms with Crippen molar-refractivity contribution in [1.29, 1.82) is 0 Å². The molecule has 144 valence electrons. The number of rotatable bonds is 8. The number of carbonyl (C=O) groups is 2. The van der Waals surface area contributed by atoms with Crippen molar-refractivity contribution < 1.29 is 19.4 Å². The highest BCUT2D eigenvalue weighted by Gasteiger charge is 2.25. The molecule has 1 aliphatic rings. The average molecular weight is 381 g/mol. The lowest BCUT2D eigenvalue weighted by molar-refractivity contribution is -0.145. The van der Waals surface area contributed by atoms with E-state index >= 15 is 0 Å². The van der Waals surface area contributed by atoms with Gasteiger partial charge in [0.05, 0.1) is 0 Å². The summed E-state index contributed by atoms with van der Waals surface area (Å²) in [4.78, 5) is 27.8. The zero-order chi connectivity index (χ0) is 18.9.